The summed E-state index contributed by atoms with van der Waals surface area (Å²) >= 11 is 0. The van der Waals surface area contributed by atoms with Gasteiger partial charge in [0.05, 0.1) is 30.5 Å². The first kappa shape index (κ1) is 14.0. The fourth-order valence-electron chi connectivity index (χ4n) is 1.21. The number of anilines is 1. The van der Waals surface area contributed by atoms with E-state index in [-0.39, 0.29) is 17.3 Å². The molecule has 0 spiro atoms. The molecule has 0 aliphatic rings. The van der Waals surface area contributed by atoms with Crippen molar-refractivity contribution in [2.24, 2.45) is 0 Å². The van der Waals surface area contributed by atoms with E-state index in [0.717, 1.165) is 0 Å². The maximum atomic E-state index is 11.8. The Morgan fingerprint density at radius 3 is 2.35 bits per heavy atom. The van der Waals surface area contributed by atoms with Gasteiger partial charge in [-0.3, -0.25) is 0 Å². The van der Waals surface area contributed by atoms with Crippen molar-refractivity contribution in [3.8, 4) is 0 Å². The van der Waals surface area contributed by atoms with Gasteiger partial charge in [0.15, 0.2) is 9.84 Å². The maximum absolute atomic E-state index is 11.8. The summed E-state index contributed by atoms with van der Waals surface area (Å²) in [5.41, 5.74) is 6.03. The number of methoxy groups -OCH3 is 1. The molecule has 0 radical (unpaired) electrons. The van der Waals surface area contributed by atoms with E-state index in [9.17, 15) is 8.42 Å². The minimum Gasteiger partial charge on any atom is -0.399 e. The number of ether oxygens (including phenoxy) is 2. The van der Waals surface area contributed by atoms with E-state index in [1.807, 2.05) is 0 Å². The molecule has 0 heterocycles. The molecule has 0 fully saturated rings. The summed E-state index contributed by atoms with van der Waals surface area (Å²) in [6, 6.07) is 6.14. The van der Waals surface area contributed by atoms with Crippen LogP contribution in [0, 0.1) is 0 Å². The Hall–Kier alpha value is -1.11. The summed E-state index contributed by atoms with van der Waals surface area (Å²) in [4.78, 5) is 0.266. The van der Waals surface area contributed by atoms with Gasteiger partial charge >= 0.3 is 0 Å². The van der Waals surface area contributed by atoms with Crippen molar-refractivity contribution < 1.29 is 17.9 Å². The lowest BCUT2D eigenvalue weighted by atomic mass is 10.3. The Balaban J connectivity index is 2.48. The lowest BCUT2D eigenvalue weighted by molar-refractivity contribution is 0.0785. The molecular weight excluding hydrogens is 242 g/mol. The molecule has 17 heavy (non-hydrogen) atoms. The second-order valence-corrected chi connectivity index (χ2v) is 5.60. The molecule has 1 aromatic carbocycles. The predicted molar refractivity (Wildman–Crippen MR) is 65.6 cm³/mol. The van der Waals surface area contributed by atoms with E-state index in [1.165, 1.54) is 12.1 Å². The van der Waals surface area contributed by atoms with Crippen molar-refractivity contribution >= 4 is 15.5 Å². The van der Waals surface area contributed by atoms with E-state index in [4.69, 9.17) is 15.2 Å². The van der Waals surface area contributed by atoms with Crippen LogP contribution in [0.2, 0.25) is 0 Å². The Bertz CT molecular complexity index is 427. The minimum absolute atomic E-state index is 0.0410. The van der Waals surface area contributed by atoms with E-state index >= 15 is 0 Å². The van der Waals surface area contributed by atoms with Crippen LogP contribution in [-0.4, -0.2) is 41.1 Å². The number of nitrogen functional groups attached to an aromatic ring is 1. The molecular formula is C11H17NO4S. The molecule has 0 aromatic heterocycles. The zero-order valence-electron chi connectivity index (χ0n) is 9.76. The third-order valence-electron chi connectivity index (χ3n) is 2.17. The summed E-state index contributed by atoms with van der Waals surface area (Å²) in [5, 5.41) is 0. The summed E-state index contributed by atoms with van der Waals surface area (Å²) < 4.78 is 33.6. The lowest BCUT2D eigenvalue weighted by Gasteiger charge is -2.05. The van der Waals surface area contributed by atoms with Crippen LogP contribution in [0.15, 0.2) is 29.2 Å². The van der Waals surface area contributed by atoms with Crippen molar-refractivity contribution in [1.82, 2.24) is 0 Å². The van der Waals surface area contributed by atoms with Crippen LogP contribution in [0.25, 0.3) is 0 Å². The van der Waals surface area contributed by atoms with Crippen LogP contribution in [0.4, 0.5) is 5.69 Å². The van der Waals surface area contributed by atoms with Crippen LogP contribution in [-0.2, 0) is 19.3 Å². The molecule has 2 N–H and O–H groups in total. The quantitative estimate of drug-likeness (QED) is 0.576. The van der Waals surface area contributed by atoms with Crippen LogP contribution in [0.3, 0.4) is 0 Å². The average Bonchev–Trinajstić information content (AvgIpc) is 2.29. The molecule has 0 unspecified atom stereocenters. The second-order valence-electron chi connectivity index (χ2n) is 3.49. The van der Waals surface area contributed by atoms with Crippen LogP contribution >= 0.6 is 0 Å². The highest BCUT2D eigenvalue weighted by molar-refractivity contribution is 7.91. The third-order valence-corrected chi connectivity index (χ3v) is 3.86. The fraction of sp³-hybridized carbons (Fsp3) is 0.455. The van der Waals surface area contributed by atoms with Gasteiger partial charge in [-0.15, -0.1) is 0 Å². The molecule has 0 saturated heterocycles. The maximum Gasteiger partial charge on any atom is 0.180 e. The highest BCUT2D eigenvalue weighted by Gasteiger charge is 2.13. The lowest BCUT2D eigenvalue weighted by Crippen LogP contribution is -2.14. The van der Waals surface area contributed by atoms with E-state index in [1.54, 1.807) is 19.2 Å². The van der Waals surface area contributed by atoms with Gasteiger partial charge < -0.3 is 15.2 Å². The Morgan fingerprint density at radius 2 is 1.76 bits per heavy atom. The number of nitrogens with two attached hydrogens (primary N) is 1. The topological polar surface area (TPSA) is 78.6 Å². The van der Waals surface area contributed by atoms with Gasteiger partial charge in [-0.25, -0.2) is 8.42 Å². The molecule has 1 rings (SSSR count). The van der Waals surface area contributed by atoms with Gasteiger partial charge in [0.1, 0.15) is 0 Å². The van der Waals surface area contributed by atoms with Gasteiger partial charge in [0.2, 0.25) is 0 Å². The summed E-state index contributed by atoms with van der Waals surface area (Å²) in [6.07, 6.45) is 0. The number of sulfone groups is 1. The van der Waals surface area contributed by atoms with Gasteiger partial charge in [0.25, 0.3) is 0 Å². The van der Waals surface area contributed by atoms with Crippen LogP contribution in [0.5, 0.6) is 0 Å². The van der Waals surface area contributed by atoms with E-state index in [0.29, 0.717) is 18.9 Å². The Labute approximate surface area is 101 Å². The third kappa shape index (κ3) is 4.72. The number of rotatable bonds is 7. The molecule has 5 nitrogen and oxygen atoms in total. The molecule has 96 valence electrons. The normalized spacial score (nSPS) is 11.6. The first-order chi connectivity index (χ1) is 8.06. The fourth-order valence-corrected chi connectivity index (χ4v) is 2.33. The SMILES string of the molecule is COCCOCCS(=O)(=O)c1ccc(N)cc1. The average molecular weight is 259 g/mol. The van der Waals surface area contributed by atoms with Gasteiger partial charge in [0, 0.05) is 12.8 Å². The van der Waals surface area contributed by atoms with E-state index in [2.05, 4.69) is 0 Å². The van der Waals surface area contributed by atoms with Gasteiger partial charge in [-0.05, 0) is 24.3 Å². The van der Waals surface area contributed by atoms with Crippen molar-refractivity contribution in [2.75, 3.05) is 38.4 Å². The molecule has 6 heteroatoms. The summed E-state index contributed by atoms with van der Waals surface area (Å²) in [6.45, 7) is 1.02. The van der Waals surface area contributed by atoms with Crippen LogP contribution in [0.1, 0.15) is 0 Å². The molecule has 0 amide bonds. The smallest absolute Gasteiger partial charge is 0.180 e. The highest BCUT2D eigenvalue weighted by atomic mass is 32.2. The Morgan fingerprint density at radius 1 is 1.12 bits per heavy atom. The van der Waals surface area contributed by atoms with Crippen molar-refractivity contribution in [1.29, 1.82) is 0 Å². The standard InChI is InChI=1S/C11H17NO4S/c1-15-6-7-16-8-9-17(13,14)11-4-2-10(12)3-5-11/h2-5H,6-9,12H2,1H3. The summed E-state index contributed by atoms with van der Waals surface area (Å²) in [7, 11) is -1.72. The van der Waals surface area contributed by atoms with Crippen LogP contribution < -0.4 is 5.73 Å². The van der Waals surface area contributed by atoms with E-state index < -0.39 is 9.84 Å². The Kier molecular flexibility index (Phi) is 5.40. The molecule has 0 saturated carbocycles. The molecule has 0 atom stereocenters. The monoisotopic (exact) mass is 259 g/mol. The predicted octanol–water partition coefficient (Wildman–Crippen LogP) is 0.706. The molecule has 0 aliphatic heterocycles. The van der Waals surface area contributed by atoms with Gasteiger partial charge in [-0.1, -0.05) is 0 Å². The molecule has 1 aromatic rings. The number of benzene rings is 1. The largest absolute Gasteiger partial charge is 0.399 e. The zero-order chi connectivity index (χ0) is 12.7. The molecule has 0 aliphatic carbocycles. The van der Waals surface area contributed by atoms with Crippen molar-refractivity contribution in [3.63, 3.8) is 0 Å². The first-order valence-corrected chi connectivity index (χ1v) is 6.86. The van der Waals surface area contributed by atoms with Gasteiger partial charge in [-0.2, -0.15) is 0 Å². The van der Waals surface area contributed by atoms with Crippen molar-refractivity contribution in [3.05, 3.63) is 24.3 Å². The highest BCUT2D eigenvalue weighted by Crippen LogP contribution is 2.13. The first-order valence-electron chi connectivity index (χ1n) is 5.21. The number of hydrogen-bond donors (Lipinski definition) is 1. The second kappa shape index (κ2) is 6.58. The summed E-state index contributed by atoms with van der Waals surface area (Å²) in [5.74, 6) is -0.0410. The zero-order valence-corrected chi connectivity index (χ0v) is 10.6. The molecule has 0 bridgehead atoms. The minimum atomic E-state index is -3.29. The van der Waals surface area contributed by atoms with Crippen molar-refractivity contribution in [2.45, 2.75) is 4.90 Å². The number of hydrogen-bond acceptors (Lipinski definition) is 5.